The molecule has 0 aliphatic rings. The maximum Gasteiger partial charge on any atom is 0.313 e. The minimum atomic E-state index is -0.866. The summed E-state index contributed by atoms with van der Waals surface area (Å²) in [6.45, 7) is 2.01. The Morgan fingerprint density at radius 1 is 1.45 bits per heavy atom. The molecule has 1 atom stereocenters. The number of aliphatic carboxylic acids is 1. The predicted molar refractivity (Wildman–Crippen MR) is 81.8 cm³/mol. The number of hydrogen-bond acceptors (Lipinski definition) is 6. The number of carboxylic acids is 1. The van der Waals surface area contributed by atoms with Crippen molar-refractivity contribution >= 4 is 45.8 Å². The highest BCUT2D eigenvalue weighted by Crippen LogP contribution is 2.28. The van der Waals surface area contributed by atoms with Gasteiger partial charge in [0, 0.05) is 5.02 Å². The average molecular weight is 330 g/mol. The van der Waals surface area contributed by atoms with E-state index in [4.69, 9.17) is 16.7 Å². The fourth-order valence-electron chi connectivity index (χ4n) is 1.47. The van der Waals surface area contributed by atoms with Crippen molar-refractivity contribution in [3.05, 3.63) is 34.9 Å². The zero-order chi connectivity index (χ0) is 14.5. The molecule has 0 fully saturated rings. The normalized spacial score (nSPS) is 12.1. The molecule has 0 aliphatic heterocycles. The molecule has 0 radical (unpaired) electrons. The highest BCUT2D eigenvalue weighted by molar-refractivity contribution is 8.01. The molecule has 5 nitrogen and oxygen atoms in total. The van der Waals surface area contributed by atoms with Gasteiger partial charge in [-0.3, -0.25) is 4.79 Å². The first-order valence-electron chi connectivity index (χ1n) is 5.74. The summed E-state index contributed by atoms with van der Waals surface area (Å²) in [5.41, 5.74) is 1.09. The quantitative estimate of drug-likeness (QED) is 0.789. The highest BCUT2D eigenvalue weighted by atomic mass is 35.5. The van der Waals surface area contributed by atoms with E-state index in [1.165, 1.54) is 11.3 Å². The SMILES string of the molecule is CC(Nc1nnc(SCC(=O)O)s1)c1ccc(Cl)cc1. The van der Waals surface area contributed by atoms with Crippen molar-refractivity contribution in [2.75, 3.05) is 11.1 Å². The number of rotatable bonds is 6. The molecule has 1 aromatic heterocycles. The second kappa shape index (κ2) is 6.92. The van der Waals surface area contributed by atoms with Crippen LogP contribution in [0.25, 0.3) is 0 Å². The Bertz CT molecular complexity index is 589. The molecule has 0 saturated carbocycles. The molecule has 8 heteroatoms. The van der Waals surface area contributed by atoms with Crippen LogP contribution >= 0.6 is 34.7 Å². The van der Waals surface area contributed by atoms with Crippen LogP contribution in [-0.2, 0) is 4.79 Å². The Balaban J connectivity index is 1.95. The zero-order valence-electron chi connectivity index (χ0n) is 10.5. The molecule has 2 aromatic rings. The third-order valence-corrected chi connectivity index (χ3v) is 4.66. The van der Waals surface area contributed by atoms with Crippen LogP contribution in [0.1, 0.15) is 18.5 Å². The smallest absolute Gasteiger partial charge is 0.313 e. The molecule has 0 amide bonds. The predicted octanol–water partition coefficient (Wildman–Crippen LogP) is 3.54. The summed E-state index contributed by atoms with van der Waals surface area (Å²) >= 11 is 8.35. The molecule has 106 valence electrons. The molecule has 0 aliphatic carbocycles. The maximum absolute atomic E-state index is 10.5. The number of hydrogen-bond donors (Lipinski definition) is 2. The average Bonchev–Trinajstić information content (AvgIpc) is 2.84. The molecule has 20 heavy (non-hydrogen) atoms. The summed E-state index contributed by atoms with van der Waals surface area (Å²) in [6.07, 6.45) is 0. The van der Waals surface area contributed by atoms with Crippen molar-refractivity contribution in [2.45, 2.75) is 17.3 Å². The topological polar surface area (TPSA) is 75.1 Å². The zero-order valence-corrected chi connectivity index (χ0v) is 12.9. The van der Waals surface area contributed by atoms with Crippen LogP contribution in [-0.4, -0.2) is 27.0 Å². The van der Waals surface area contributed by atoms with Gasteiger partial charge >= 0.3 is 5.97 Å². The van der Waals surface area contributed by atoms with Crippen LogP contribution in [0.2, 0.25) is 5.02 Å². The molecular weight excluding hydrogens is 318 g/mol. The molecule has 1 unspecified atom stereocenters. The molecule has 2 rings (SSSR count). The number of aromatic nitrogens is 2. The van der Waals surface area contributed by atoms with E-state index in [0.29, 0.717) is 14.5 Å². The van der Waals surface area contributed by atoms with Crippen LogP contribution in [0.4, 0.5) is 5.13 Å². The summed E-state index contributed by atoms with van der Waals surface area (Å²) in [4.78, 5) is 10.5. The van der Waals surface area contributed by atoms with Gasteiger partial charge in [0.05, 0.1) is 11.8 Å². The number of benzene rings is 1. The van der Waals surface area contributed by atoms with Gasteiger partial charge < -0.3 is 10.4 Å². The van der Waals surface area contributed by atoms with Gasteiger partial charge in [-0.15, -0.1) is 10.2 Å². The Morgan fingerprint density at radius 2 is 2.15 bits per heavy atom. The van der Waals surface area contributed by atoms with E-state index in [2.05, 4.69) is 15.5 Å². The van der Waals surface area contributed by atoms with Gasteiger partial charge in [-0.1, -0.05) is 46.8 Å². The van der Waals surface area contributed by atoms with E-state index in [1.54, 1.807) is 0 Å². The van der Waals surface area contributed by atoms with Crippen LogP contribution < -0.4 is 5.32 Å². The first-order chi connectivity index (χ1) is 9.54. The van der Waals surface area contributed by atoms with Gasteiger partial charge in [-0.05, 0) is 24.6 Å². The fraction of sp³-hybridized carbons (Fsp3) is 0.250. The largest absolute Gasteiger partial charge is 0.481 e. The van der Waals surface area contributed by atoms with E-state index in [-0.39, 0.29) is 11.8 Å². The number of carbonyl (C=O) groups is 1. The lowest BCUT2D eigenvalue weighted by Gasteiger charge is -2.12. The number of thioether (sulfide) groups is 1. The van der Waals surface area contributed by atoms with Crippen LogP contribution in [0.15, 0.2) is 28.6 Å². The van der Waals surface area contributed by atoms with E-state index >= 15 is 0 Å². The van der Waals surface area contributed by atoms with E-state index in [1.807, 2.05) is 31.2 Å². The molecule has 0 bridgehead atoms. The highest BCUT2D eigenvalue weighted by Gasteiger charge is 2.10. The van der Waals surface area contributed by atoms with Crippen molar-refractivity contribution in [3.63, 3.8) is 0 Å². The second-order valence-electron chi connectivity index (χ2n) is 3.97. The van der Waals surface area contributed by atoms with Gasteiger partial charge in [0.15, 0.2) is 4.34 Å². The summed E-state index contributed by atoms with van der Waals surface area (Å²) in [7, 11) is 0. The van der Waals surface area contributed by atoms with E-state index in [0.717, 1.165) is 17.3 Å². The van der Waals surface area contributed by atoms with Crippen molar-refractivity contribution in [1.29, 1.82) is 0 Å². The number of halogens is 1. The molecule has 0 spiro atoms. The van der Waals surface area contributed by atoms with Gasteiger partial charge in [0.25, 0.3) is 0 Å². The standard InChI is InChI=1S/C12H12ClN3O2S2/c1-7(8-2-4-9(13)5-3-8)14-11-15-16-12(20-11)19-6-10(17)18/h2-5,7H,6H2,1H3,(H,14,15)(H,17,18). The van der Waals surface area contributed by atoms with Crippen molar-refractivity contribution in [3.8, 4) is 0 Å². The summed E-state index contributed by atoms with van der Waals surface area (Å²) < 4.78 is 0.637. The van der Waals surface area contributed by atoms with Crippen LogP contribution in [0.5, 0.6) is 0 Å². The maximum atomic E-state index is 10.5. The monoisotopic (exact) mass is 329 g/mol. The number of anilines is 1. The van der Waals surface area contributed by atoms with Gasteiger partial charge in [0.1, 0.15) is 0 Å². The van der Waals surface area contributed by atoms with Gasteiger partial charge in [0.2, 0.25) is 5.13 Å². The van der Waals surface area contributed by atoms with Crippen molar-refractivity contribution in [2.24, 2.45) is 0 Å². The Kier molecular flexibility index (Phi) is 5.22. The molecule has 1 heterocycles. The minimum absolute atomic E-state index is 0.0125. The molecule has 1 aromatic carbocycles. The number of nitrogens with one attached hydrogen (secondary N) is 1. The number of nitrogens with zero attached hydrogens (tertiary/aromatic N) is 2. The molecule has 0 saturated heterocycles. The summed E-state index contributed by atoms with van der Waals surface area (Å²) in [5, 5.41) is 21.1. The van der Waals surface area contributed by atoms with E-state index < -0.39 is 5.97 Å². The third kappa shape index (κ3) is 4.36. The van der Waals surface area contributed by atoms with Crippen molar-refractivity contribution < 1.29 is 9.90 Å². The molecule has 2 N–H and O–H groups in total. The lowest BCUT2D eigenvalue weighted by Crippen LogP contribution is -2.05. The number of carboxylic acid groups (broad SMARTS) is 1. The van der Waals surface area contributed by atoms with Crippen LogP contribution in [0, 0.1) is 0 Å². The second-order valence-corrected chi connectivity index (χ2v) is 6.61. The van der Waals surface area contributed by atoms with Gasteiger partial charge in [-0.2, -0.15) is 0 Å². The fourth-order valence-corrected chi connectivity index (χ4v) is 3.16. The third-order valence-electron chi connectivity index (χ3n) is 2.44. The summed E-state index contributed by atoms with van der Waals surface area (Å²) in [5.74, 6) is -0.879. The van der Waals surface area contributed by atoms with Crippen molar-refractivity contribution in [1.82, 2.24) is 10.2 Å². The first kappa shape index (κ1) is 15.1. The van der Waals surface area contributed by atoms with E-state index in [9.17, 15) is 4.79 Å². The molecular formula is C12H12ClN3O2S2. The van der Waals surface area contributed by atoms with Crippen LogP contribution in [0.3, 0.4) is 0 Å². The minimum Gasteiger partial charge on any atom is -0.481 e. The van der Waals surface area contributed by atoms with Gasteiger partial charge in [-0.25, -0.2) is 0 Å². The summed E-state index contributed by atoms with van der Waals surface area (Å²) in [6, 6.07) is 7.63. The lowest BCUT2D eigenvalue weighted by molar-refractivity contribution is -0.133. The first-order valence-corrected chi connectivity index (χ1v) is 7.92. The Hall–Kier alpha value is -1.31. The lowest BCUT2D eigenvalue weighted by atomic mass is 10.1. The Labute approximate surface area is 129 Å². The Morgan fingerprint density at radius 3 is 2.80 bits per heavy atom.